The Morgan fingerprint density at radius 3 is 0.738 bits per heavy atom. The van der Waals surface area contributed by atoms with Gasteiger partial charge in [-0.1, -0.05) is 299 Å². The third-order valence-corrected chi connectivity index (χ3v) is 15.4. The van der Waals surface area contributed by atoms with Crippen molar-refractivity contribution >= 4 is 17.9 Å². The molecule has 0 fully saturated rings. The van der Waals surface area contributed by atoms with E-state index in [1.165, 1.54) is 238 Å². The smallest absolute Gasteiger partial charge is 0.306 e. The molecule has 6 nitrogen and oxygen atoms in total. The molecule has 0 amide bonds. The minimum Gasteiger partial charge on any atom is -0.462 e. The van der Waals surface area contributed by atoms with E-state index >= 15 is 0 Å². The summed E-state index contributed by atoms with van der Waals surface area (Å²) in [6.45, 7) is 6.63. The minimum absolute atomic E-state index is 0.0775. The van der Waals surface area contributed by atoms with Gasteiger partial charge in [0.15, 0.2) is 6.10 Å². The number of esters is 3. The fraction of sp³-hybridized carbons (Fsp3) is 0.797. The summed E-state index contributed by atoms with van der Waals surface area (Å²) < 4.78 is 17.0. The highest BCUT2D eigenvalue weighted by Crippen LogP contribution is 2.17. The molecular weight excluding hydrogens is 985 g/mol. The van der Waals surface area contributed by atoms with Crippen molar-refractivity contribution in [2.45, 2.75) is 367 Å². The molecule has 0 aromatic heterocycles. The van der Waals surface area contributed by atoms with E-state index in [0.29, 0.717) is 19.3 Å². The van der Waals surface area contributed by atoms with E-state index in [1.807, 2.05) is 0 Å². The summed E-state index contributed by atoms with van der Waals surface area (Å²) in [5.41, 5.74) is 0. The summed E-state index contributed by atoms with van der Waals surface area (Å²) in [6.07, 6.45) is 89.2. The fourth-order valence-corrected chi connectivity index (χ4v) is 10.1. The van der Waals surface area contributed by atoms with E-state index in [1.54, 1.807) is 0 Å². The summed E-state index contributed by atoms with van der Waals surface area (Å²) >= 11 is 0. The molecule has 0 aliphatic heterocycles. The molecule has 1 atom stereocenters. The van der Waals surface area contributed by atoms with Crippen LogP contribution in [0.25, 0.3) is 0 Å². The van der Waals surface area contributed by atoms with E-state index in [4.69, 9.17) is 14.2 Å². The SMILES string of the molecule is CCCCC/C=C\C/C=C\CCCCCCCCCCCC(=O)OC(COC(=O)CCCCCCC/C=C\CCCCCCC)COC(=O)CCCCCCCCCCCCCCCC/C=C\C/C=C\C/C=C\CCCCCCC. The van der Waals surface area contributed by atoms with Gasteiger partial charge in [0.25, 0.3) is 0 Å². The highest BCUT2D eigenvalue weighted by molar-refractivity contribution is 5.71. The molecule has 0 bridgehead atoms. The average Bonchev–Trinajstić information content (AvgIpc) is 3.46. The van der Waals surface area contributed by atoms with Crippen LogP contribution in [0.4, 0.5) is 0 Å². The van der Waals surface area contributed by atoms with Gasteiger partial charge in [-0.05, 0) is 116 Å². The van der Waals surface area contributed by atoms with Crippen LogP contribution in [-0.2, 0) is 28.6 Å². The molecule has 464 valence electrons. The zero-order chi connectivity index (χ0) is 57.8. The van der Waals surface area contributed by atoms with Crippen LogP contribution in [0.15, 0.2) is 72.9 Å². The van der Waals surface area contributed by atoms with E-state index in [0.717, 1.165) is 83.5 Å². The number of ether oxygens (including phenoxy) is 3. The Balaban J connectivity index is 4.26. The second-order valence-corrected chi connectivity index (χ2v) is 23.4. The largest absolute Gasteiger partial charge is 0.462 e. The molecule has 0 heterocycles. The third kappa shape index (κ3) is 65.7. The number of allylic oxidation sites excluding steroid dienone is 12. The number of hydrogen-bond acceptors (Lipinski definition) is 6. The van der Waals surface area contributed by atoms with Crippen molar-refractivity contribution in [2.75, 3.05) is 13.2 Å². The lowest BCUT2D eigenvalue weighted by molar-refractivity contribution is -0.167. The molecule has 0 saturated carbocycles. The molecule has 0 aliphatic rings. The quantitative estimate of drug-likeness (QED) is 0.0261. The van der Waals surface area contributed by atoms with E-state index in [9.17, 15) is 14.4 Å². The van der Waals surface area contributed by atoms with Gasteiger partial charge in [-0.25, -0.2) is 0 Å². The maximum Gasteiger partial charge on any atom is 0.306 e. The van der Waals surface area contributed by atoms with Gasteiger partial charge in [-0.15, -0.1) is 0 Å². The molecular formula is C74H132O6. The average molecular weight is 1120 g/mol. The van der Waals surface area contributed by atoms with Crippen LogP contribution in [0.5, 0.6) is 0 Å². The van der Waals surface area contributed by atoms with E-state index in [2.05, 4.69) is 93.7 Å². The van der Waals surface area contributed by atoms with Crippen LogP contribution >= 0.6 is 0 Å². The zero-order valence-corrected chi connectivity index (χ0v) is 53.3. The Morgan fingerprint density at radius 1 is 0.250 bits per heavy atom. The molecule has 0 aromatic carbocycles. The van der Waals surface area contributed by atoms with Crippen LogP contribution in [0.1, 0.15) is 361 Å². The number of carbonyl (C=O) groups is 3. The lowest BCUT2D eigenvalue weighted by atomic mass is 10.0. The minimum atomic E-state index is -0.782. The maximum atomic E-state index is 12.9. The third-order valence-electron chi connectivity index (χ3n) is 15.4. The molecule has 0 rings (SSSR count). The summed E-state index contributed by atoms with van der Waals surface area (Å²) in [4.78, 5) is 38.4. The number of carbonyl (C=O) groups excluding carboxylic acids is 3. The topological polar surface area (TPSA) is 78.9 Å². The summed E-state index contributed by atoms with van der Waals surface area (Å²) in [5, 5.41) is 0. The highest BCUT2D eigenvalue weighted by Gasteiger charge is 2.19. The van der Waals surface area contributed by atoms with E-state index < -0.39 is 6.10 Å². The summed E-state index contributed by atoms with van der Waals surface area (Å²) in [7, 11) is 0. The van der Waals surface area contributed by atoms with Crippen molar-refractivity contribution in [3.63, 3.8) is 0 Å². The highest BCUT2D eigenvalue weighted by atomic mass is 16.6. The van der Waals surface area contributed by atoms with Crippen LogP contribution in [0.3, 0.4) is 0 Å². The van der Waals surface area contributed by atoms with Crippen molar-refractivity contribution < 1.29 is 28.6 Å². The van der Waals surface area contributed by atoms with Gasteiger partial charge in [-0.3, -0.25) is 14.4 Å². The second-order valence-electron chi connectivity index (χ2n) is 23.4. The van der Waals surface area contributed by atoms with Gasteiger partial charge in [-0.2, -0.15) is 0 Å². The van der Waals surface area contributed by atoms with Crippen LogP contribution in [0.2, 0.25) is 0 Å². The van der Waals surface area contributed by atoms with Gasteiger partial charge in [0.2, 0.25) is 0 Å². The van der Waals surface area contributed by atoms with Crippen molar-refractivity contribution in [3.8, 4) is 0 Å². The number of unbranched alkanes of at least 4 members (excludes halogenated alkanes) is 41. The molecule has 0 aromatic rings. The molecule has 0 spiro atoms. The number of hydrogen-bond donors (Lipinski definition) is 0. The molecule has 0 N–H and O–H groups in total. The standard InChI is InChI=1S/C74H132O6/c1-4-7-10-13-16-19-22-25-28-30-32-33-34-35-36-37-38-39-40-41-43-44-46-49-52-55-58-61-64-67-73(76)79-70-71(69-78-72(75)66-63-60-57-54-51-48-27-24-21-18-15-12-9-6-3)80-74(77)68-65-62-59-56-53-50-47-45-42-31-29-26-23-20-17-14-11-8-5-2/h17,20,22,24-27,29-30,32,34-35,71H,4-16,18-19,21,23,28,31,33,36-70H2,1-3H3/b20-17-,25-22-,27-24-,29-26-,32-30-,35-34-. The van der Waals surface area contributed by atoms with Gasteiger partial charge in [0.05, 0.1) is 0 Å². The Morgan fingerprint density at radius 2 is 0.450 bits per heavy atom. The molecule has 0 saturated heterocycles. The molecule has 0 aliphatic carbocycles. The lowest BCUT2D eigenvalue weighted by Crippen LogP contribution is -2.30. The van der Waals surface area contributed by atoms with Crippen molar-refractivity contribution in [1.82, 2.24) is 0 Å². The predicted octanol–water partition coefficient (Wildman–Crippen LogP) is 24.1. The Bertz CT molecular complexity index is 1470. The van der Waals surface area contributed by atoms with E-state index in [-0.39, 0.29) is 31.1 Å². The van der Waals surface area contributed by atoms with Crippen LogP contribution < -0.4 is 0 Å². The predicted molar refractivity (Wildman–Crippen MR) is 348 cm³/mol. The number of rotatable bonds is 64. The van der Waals surface area contributed by atoms with Gasteiger partial charge >= 0.3 is 17.9 Å². The fourth-order valence-electron chi connectivity index (χ4n) is 10.1. The molecule has 0 radical (unpaired) electrons. The summed E-state index contributed by atoms with van der Waals surface area (Å²) in [5.74, 6) is -0.873. The molecule has 6 heteroatoms. The first-order valence-corrected chi connectivity index (χ1v) is 34.9. The second kappa shape index (κ2) is 68.3. The first kappa shape index (κ1) is 76.9. The first-order chi connectivity index (χ1) is 39.5. The van der Waals surface area contributed by atoms with Crippen LogP contribution in [-0.4, -0.2) is 37.2 Å². The van der Waals surface area contributed by atoms with Crippen molar-refractivity contribution in [3.05, 3.63) is 72.9 Å². The van der Waals surface area contributed by atoms with Gasteiger partial charge in [0.1, 0.15) is 13.2 Å². The first-order valence-electron chi connectivity index (χ1n) is 34.9. The van der Waals surface area contributed by atoms with Crippen LogP contribution in [0, 0.1) is 0 Å². The van der Waals surface area contributed by atoms with Gasteiger partial charge in [0, 0.05) is 19.3 Å². The molecule has 80 heavy (non-hydrogen) atoms. The lowest BCUT2D eigenvalue weighted by Gasteiger charge is -2.18. The monoisotopic (exact) mass is 1120 g/mol. The Hall–Kier alpha value is -3.15. The zero-order valence-electron chi connectivity index (χ0n) is 53.3. The Labute approximate surface area is 497 Å². The normalized spacial score (nSPS) is 12.5. The molecule has 1 unspecified atom stereocenters. The Kier molecular flexibility index (Phi) is 65.7. The van der Waals surface area contributed by atoms with Gasteiger partial charge < -0.3 is 14.2 Å². The maximum absolute atomic E-state index is 12.9. The summed E-state index contributed by atoms with van der Waals surface area (Å²) in [6, 6.07) is 0. The van der Waals surface area contributed by atoms with Crippen molar-refractivity contribution in [2.24, 2.45) is 0 Å². The van der Waals surface area contributed by atoms with Crippen molar-refractivity contribution in [1.29, 1.82) is 0 Å².